The first-order valence-electron chi connectivity index (χ1n) is 13.1. The third kappa shape index (κ3) is 7.96. The molecule has 0 atom stereocenters. The predicted molar refractivity (Wildman–Crippen MR) is 148 cm³/mol. The fraction of sp³-hybridized carbons (Fsp3) is 0.552. The Bertz CT molecular complexity index is 853. The average molecular weight is 503 g/mol. The number of ketones is 1. The molecule has 2 aromatic rings. The minimum atomic E-state index is 0. The highest BCUT2D eigenvalue weighted by atomic mass is 35.5. The Labute approximate surface area is 218 Å². The molecule has 6 heteroatoms. The van der Waals surface area contributed by atoms with Crippen molar-refractivity contribution < 1.29 is 14.3 Å². The standard InChI is InChI=1S/C29H42N2O3.ClH/c1-5-30(6-2)17-9-11-19-33-23-13-15-25-26-16-14-24(22-28(26)29(32)27(25)21-23)34-20-12-10-18-31(7-3)8-4;/h13-16,21-22H,5-12,17-20H2,1-4H3;1H. The Morgan fingerprint density at radius 3 is 1.37 bits per heavy atom. The van der Waals surface area contributed by atoms with E-state index in [1.807, 2.05) is 36.4 Å². The van der Waals surface area contributed by atoms with Gasteiger partial charge in [-0.25, -0.2) is 0 Å². The quantitative estimate of drug-likeness (QED) is 0.214. The van der Waals surface area contributed by atoms with Gasteiger partial charge in [-0.2, -0.15) is 0 Å². The van der Waals surface area contributed by atoms with Crippen LogP contribution < -0.4 is 9.47 Å². The summed E-state index contributed by atoms with van der Waals surface area (Å²) in [6.07, 6.45) is 4.26. The van der Waals surface area contributed by atoms with E-state index in [-0.39, 0.29) is 18.2 Å². The lowest BCUT2D eigenvalue weighted by Gasteiger charge is -2.17. The first-order valence-corrected chi connectivity index (χ1v) is 13.1. The van der Waals surface area contributed by atoms with E-state index in [1.165, 1.54) is 0 Å². The van der Waals surface area contributed by atoms with E-state index in [2.05, 4.69) is 37.5 Å². The summed E-state index contributed by atoms with van der Waals surface area (Å²) in [6, 6.07) is 11.8. The summed E-state index contributed by atoms with van der Waals surface area (Å²) in [5.74, 6) is 1.60. The maximum absolute atomic E-state index is 13.1. The monoisotopic (exact) mass is 502 g/mol. The molecule has 0 unspecified atom stereocenters. The number of halogens is 1. The molecule has 0 saturated carbocycles. The first kappa shape index (κ1) is 29.2. The second-order valence-corrected chi connectivity index (χ2v) is 8.91. The lowest BCUT2D eigenvalue weighted by atomic mass is 10.1. The number of benzene rings is 2. The molecule has 0 N–H and O–H groups in total. The molecule has 1 aliphatic rings. The summed E-state index contributed by atoms with van der Waals surface area (Å²) in [5, 5.41) is 0. The topological polar surface area (TPSA) is 42.0 Å². The van der Waals surface area contributed by atoms with Crippen molar-refractivity contribution >= 4 is 18.2 Å². The molecule has 2 aromatic carbocycles. The third-order valence-electron chi connectivity index (χ3n) is 6.83. The Balaban J connectivity index is 0.00000432. The number of hydrogen-bond donors (Lipinski definition) is 0. The summed E-state index contributed by atoms with van der Waals surface area (Å²) in [5.41, 5.74) is 3.43. The third-order valence-corrected chi connectivity index (χ3v) is 6.83. The van der Waals surface area contributed by atoms with Crippen molar-refractivity contribution in [2.45, 2.75) is 53.4 Å². The molecule has 0 saturated heterocycles. The second-order valence-electron chi connectivity index (χ2n) is 8.91. The molecule has 0 aliphatic heterocycles. The van der Waals surface area contributed by atoms with E-state index in [4.69, 9.17) is 9.47 Å². The molecule has 0 radical (unpaired) electrons. The van der Waals surface area contributed by atoms with Gasteiger partial charge in [0.05, 0.1) is 13.2 Å². The Morgan fingerprint density at radius 2 is 1.00 bits per heavy atom. The summed E-state index contributed by atoms with van der Waals surface area (Å²) in [7, 11) is 0. The van der Waals surface area contributed by atoms with Crippen LogP contribution in [0, 0.1) is 0 Å². The van der Waals surface area contributed by atoms with Crippen LogP contribution in [0.5, 0.6) is 11.5 Å². The molecular weight excluding hydrogens is 460 g/mol. The largest absolute Gasteiger partial charge is 0.494 e. The number of carbonyl (C=O) groups excluding carboxylic acids is 1. The van der Waals surface area contributed by atoms with Crippen LogP contribution in [0.25, 0.3) is 11.1 Å². The number of fused-ring (bicyclic) bond motifs is 3. The fourth-order valence-electron chi connectivity index (χ4n) is 4.55. The molecule has 0 amide bonds. The maximum Gasteiger partial charge on any atom is 0.194 e. The van der Waals surface area contributed by atoms with Crippen molar-refractivity contribution in [2.24, 2.45) is 0 Å². The Kier molecular flexibility index (Phi) is 12.6. The van der Waals surface area contributed by atoms with Gasteiger partial charge in [0.25, 0.3) is 0 Å². The van der Waals surface area contributed by atoms with E-state index >= 15 is 0 Å². The van der Waals surface area contributed by atoms with Gasteiger partial charge in [-0.1, -0.05) is 27.7 Å². The van der Waals surface area contributed by atoms with Crippen LogP contribution in [0.15, 0.2) is 36.4 Å². The number of hydrogen-bond acceptors (Lipinski definition) is 5. The molecule has 35 heavy (non-hydrogen) atoms. The van der Waals surface area contributed by atoms with Crippen LogP contribution in [0.2, 0.25) is 0 Å². The zero-order valence-electron chi connectivity index (χ0n) is 22.0. The van der Waals surface area contributed by atoms with Crippen LogP contribution in [0.3, 0.4) is 0 Å². The average Bonchev–Trinajstić information content (AvgIpc) is 3.14. The van der Waals surface area contributed by atoms with Crippen molar-refractivity contribution in [3.8, 4) is 22.6 Å². The minimum Gasteiger partial charge on any atom is -0.494 e. The van der Waals surface area contributed by atoms with E-state index in [0.717, 1.165) is 98.7 Å². The second kappa shape index (κ2) is 15.1. The zero-order chi connectivity index (χ0) is 24.3. The molecule has 5 nitrogen and oxygen atoms in total. The number of nitrogens with zero attached hydrogens (tertiary/aromatic N) is 2. The van der Waals surface area contributed by atoms with Crippen molar-refractivity contribution in [1.29, 1.82) is 0 Å². The zero-order valence-corrected chi connectivity index (χ0v) is 22.8. The van der Waals surface area contributed by atoms with Crippen LogP contribution in [-0.2, 0) is 0 Å². The molecule has 1 aliphatic carbocycles. The highest BCUT2D eigenvalue weighted by Gasteiger charge is 2.27. The lowest BCUT2D eigenvalue weighted by molar-refractivity contribution is 0.104. The molecule has 0 aromatic heterocycles. The highest BCUT2D eigenvalue weighted by molar-refractivity contribution is 6.22. The van der Waals surface area contributed by atoms with Crippen LogP contribution in [0.1, 0.15) is 69.3 Å². The van der Waals surface area contributed by atoms with Gasteiger partial charge in [0, 0.05) is 11.1 Å². The molecular formula is C29H43ClN2O3. The van der Waals surface area contributed by atoms with Gasteiger partial charge in [-0.05, 0) is 112 Å². The Hall–Kier alpha value is -2.08. The Morgan fingerprint density at radius 1 is 0.600 bits per heavy atom. The SMILES string of the molecule is CCN(CC)CCCCOc1ccc2c(c1)C(=O)c1cc(OCCCCN(CC)CC)ccc1-2.Cl. The molecule has 0 spiro atoms. The van der Waals surface area contributed by atoms with Crippen molar-refractivity contribution in [3.63, 3.8) is 0 Å². The minimum absolute atomic E-state index is 0. The van der Waals surface area contributed by atoms with E-state index in [0.29, 0.717) is 13.2 Å². The number of unbranched alkanes of at least 4 members (excludes halogenated alkanes) is 2. The van der Waals surface area contributed by atoms with E-state index in [1.54, 1.807) is 0 Å². The van der Waals surface area contributed by atoms with Crippen molar-refractivity contribution in [3.05, 3.63) is 47.5 Å². The van der Waals surface area contributed by atoms with Crippen LogP contribution in [0.4, 0.5) is 0 Å². The summed E-state index contributed by atoms with van der Waals surface area (Å²) in [4.78, 5) is 18.0. The number of rotatable bonds is 16. The summed E-state index contributed by atoms with van der Waals surface area (Å²) >= 11 is 0. The van der Waals surface area contributed by atoms with E-state index < -0.39 is 0 Å². The van der Waals surface area contributed by atoms with Gasteiger partial charge >= 0.3 is 0 Å². The van der Waals surface area contributed by atoms with Gasteiger partial charge in [0.1, 0.15) is 11.5 Å². The van der Waals surface area contributed by atoms with Gasteiger partial charge in [-0.15, -0.1) is 12.4 Å². The predicted octanol–water partition coefficient (Wildman–Crippen LogP) is 6.32. The van der Waals surface area contributed by atoms with Gasteiger partial charge < -0.3 is 19.3 Å². The smallest absolute Gasteiger partial charge is 0.194 e. The van der Waals surface area contributed by atoms with Crippen LogP contribution >= 0.6 is 12.4 Å². The maximum atomic E-state index is 13.1. The van der Waals surface area contributed by atoms with E-state index in [9.17, 15) is 4.79 Å². The van der Waals surface area contributed by atoms with Crippen molar-refractivity contribution in [1.82, 2.24) is 9.80 Å². The highest BCUT2D eigenvalue weighted by Crippen LogP contribution is 2.39. The molecule has 194 valence electrons. The fourth-order valence-corrected chi connectivity index (χ4v) is 4.55. The summed E-state index contributed by atoms with van der Waals surface area (Å²) < 4.78 is 11.9. The van der Waals surface area contributed by atoms with Crippen molar-refractivity contribution in [2.75, 3.05) is 52.5 Å². The van der Waals surface area contributed by atoms with Gasteiger partial charge in [0.2, 0.25) is 0 Å². The molecule has 3 rings (SSSR count). The molecule has 0 bridgehead atoms. The number of ether oxygens (including phenoxy) is 2. The van der Waals surface area contributed by atoms with Gasteiger partial charge in [0.15, 0.2) is 5.78 Å². The molecule has 0 heterocycles. The normalized spacial score (nSPS) is 12.0. The first-order chi connectivity index (χ1) is 16.6. The summed E-state index contributed by atoms with van der Waals surface area (Å²) in [6.45, 7) is 16.7. The lowest BCUT2D eigenvalue weighted by Crippen LogP contribution is -2.24. The molecule has 0 fully saturated rings. The van der Waals surface area contributed by atoms with Crippen LogP contribution in [-0.4, -0.2) is 68.1 Å². The number of carbonyl (C=O) groups is 1. The van der Waals surface area contributed by atoms with Gasteiger partial charge in [-0.3, -0.25) is 4.79 Å².